The molecule has 1 aliphatic carbocycles. The van der Waals surface area contributed by atoms with Gasteiger partial charge in [0, 0.05) is 25.0 Å². The third-order valence-electron chi connectivity index (χ3n) is 4.89. The van der Waals surface area contributed by atoms with E-state index in [-0.39, 0.29) is 0 Å². The van der Waals surface area contributed by atoms with Gasteiger partial charge in [0.25, 0.3) is 0 Å². The summed E-state index contributed by atoms with van der Waals surface area (Å²) in [5, 5.41) is 4.22. The summed E-state index contributed by atoms with van der Waals surface area (Å²) < 4.78 is 1.96. The third kappa shape index (κ3) is 3.80. The summed E-state index contributed by atoms with van der Waals surface area (Å²) in [5.41, 5.74) is 4.35. The fourth-order valence-corrected chi connectivity index (χ4v) is 3.40. The second-order valence-electron chi connectivity index (χ2n) is 5.95. The van der Waals surface area contributed by atoms with E-state index in [9.17, 15) is 0 Å². The molecule has 4 heteroatoms. The molecule has 0 aromatic carbocycles. The van der Waals surface area contributed by atoms with Gasteiger partial charge in [0.1, 0.15) is 0 Å². The van der Waals surface area contributed by atoms with Crippen molar-refractivity contribution in [3.63, 3.8) is 0 Å². The molecule has 3 N–H and O–H groups in total. The quantitative estimate of drug-likeness (QED) is 0.613. The van der Waals surface area contributed by atoms with Crippen LogP contribution in [0.25, 0.3) is 0 Å². The lowest BCUT2D eigenvalue weighted by Gasteiger charge is -2.33. The lowest BCUT2D eigenvalue weighted by atomic mass is 9.77. The number of nitrogens with zero attached hydrogens (tertiary/aromatic N) is 2. The summed E-state index contributed by atoms with van der Waals surface area (Å²) in [6.07, 6.45) is 10.8. The van der Waals surface area contributed by atoms with Crippen LogP contribution < -0.4 is 11.3 Å². The zero-order valence-electron chi connectivity index (χ0n) is 12.3. The molecule has 0 saturated heterocycles. The molecular formula is C15H28N4. The second-order valence-corrected chi connectivity index (χ2v) is 5.95. The van der Waals surface area contributed by atoms with Crippen LogP contribution in [0.2, 0.25) is 0 Å². The highest BCUT2D eigenvalue weighted by Gasteiger charge is 2.26. The van der Waals surface area contributed by atoms with Crippen LogP contribution in [0.15, 0.2) is 12.3 Å². The standard InChI is InChI=1S/C15H28N4/c1-3-12-4-6-13(7-5-12)15(18-16)9-8-14-10-11-17-19(14)2/h10-13,15,18H,3-9,16H2,1-2H3. The Hall–Kier alpha value is -0.870. The van der Waals surface area contributed by atoms with Crippen molar-refractivity contribution in [1.82, 2.24) is 15.2 Å². The lowest BCUT2D eigenvalue weighted by Crippen LogP contribution is -2.42. The second kappa shape index (κ2) is 7.06. The summed E-state index contributed by atoms with van der Waals surface area (Å²) in [4.78, 5) is 0. The number of aryl methyl sites for hydroxylation is 2. The van der Waals surface area contributed by atoms with Crippen LogP contribution >= 0.6 is 0 Å². The molecule has 1 atom stereocenters. The van der Waals surface area contributed by atoms with E-state index in [1.807, 2.05) is 17.9 Å². The summed E-state index contributed by atoms with van der Waals surface area (Å²) in [6.45, 7) is 2.31. The van der Waals surface area contributed by atoms with Crippen molar-refractivity contribution in [1.29, 1.82) is 0 Å². The monoisotopic (exact) mass is 264 g/mol. The summed E-state index contributed by atoms with van der Waals surface area (Å²) >= 11 is 0. The van der Waals surface area contributed by atoms with E-state index >= 15 is 0 Å². The van der Waals surface area contributed by atoms with E-state index < -0.39 is 0 Å². The molecule has 1 fully saturated rings. The number of hydrogen-bond donors (Lipinski definition) is 2. The van der Waals surface area contributed by atoms with Gasteiger partial charge < -0.3 is 0 Å². The predicted octanol–water partition coefficient (Wildman–Crippen LogP) is 2.40. The van der Waals surface area contributed by atoms with Crippen molar-refractivity contribution in [2.24, 2.45) is 24.7 Å². The normalized spacial score (nSPS) is 25.4. The fraction of sp³-hybridized carbons (Fsp3) is 0.800. The number of hydrazine groups is 1. The fourth-order valence-electron chi connectivity index (χ4n) is 3.40. The van der Waals surface area contributed by atoms with Gasteiger partial charge in [-0.1, -0.05) is 26.2 Å². The molecular weight excluding hydrogens is 236 g/mol. The molecule has 108 valence electrons. The Labute approximate surface area is 116 Å². The molecule has 0 amide bonds. The van der Waals surface area contributed by atoms with Gasteiger partial charge in [-0.05, 0) is 43.6 Å². The Morgan fingerprint density at radius 2 is 2.16 bits per heavy atom. The maximum atomic E-state index is 5.78. The number of hydrogen-bond acceptors (Lipinski definition) is 3. The Kier molecular flexibility index (Phi) is 5.40. The molecule has 1 unspecified atom stereocenters. The van der Waals surface area contributed by atoms with Crippen LogP contribution in [0.1, 0.15) is 51.1 Å². The Balaban J connectivity index is 1.82. The molecule has 1 saturated carbocycles. The van der Waals surface area contributed by atoms with E-state index in [4.69, 9.17) is 5.84 Å². The SMILES string of the molecule is CCC1CCC(C(CCc2ccnn2C)NN)CC1. The van der Waals surface area contributed by atoms with E-state index in [0.29, 0.717) is 6.04 Å². The van der Waals surface area contributed by atoms with Crippen LogP contribution in [0.3, 0.4) is 0 Å². The molecule has 1 aromatic rings. The van der Waals surface area contributed by atoms with Crippen LogP contribution in [0.4, 0.5) is 0 Å². The Bertz CT molecular complexity index is 366. The Morgan fingerprint density at radius 1 is 1.42 bits per heavy atom. The van der Waals surface area contributed by atoms with Gasteiger partial charge in [0.05, 0.1) is 0 Å². The van der Waals surface area contributed by atoms with Gasteiger partial charge in [-0.2, -0.15) is 5.10 Å². The van der Waals surface area contributed by atoms with Crippen molar-refractivity contribution < 1.29 is 0 Å². The maximum absolute atomic E-state index is 5.78. The Morgan fingerprint density at radius 3 is 2.68 bits per heavy atom. The molecule has 0 bridgehead atoms. The molecule has 0 spiro atoms. The first-order chi connectivity index (χ1) is 9.24. The van der Waals surface area contributed by atoms with Crippen molar-refractivity contribution >= 4 is 0 Å². The third-order valence-corrected chi connectivity index (χ3v) is 4.89. The average molecular weight is 264 g/mol. The summed E-state index contributed by atoms with van der Waals surface area (Å²) in [6, 6.07) is 2.55. The number of nitrogens with two attached hydrogens (primary N) is 1. The molecule has 4 nitrogen and oxygen atoms in total. The number of aromatic nitrogens is 2. The number of rotatable bonds is 6. The lowest BCUT2D eigenvalue weighted by molar-refractivity contribution is 0.211. The minimum Gasteiger partial charge on any atom is -0.273 e. The first-order valence-electron chi connectivity index (χ1n) is 7.67. The smallest absolute Gasteiger partial charge is 0.0492 e. The van der Waals surface area contributed by atoms with Gasteiger partial charge in [-0.25, -0.2) is 0 Å². The largest absolute Gasteiger partial charge is 0.273 e. The van der Waals surface area contributed by atoms with Gasteiger partial charge >= 0.3 is 0 Å². The zero-order valence-corrected chi connectivity index (χ0v) is 12.3. The van der Waals surface area contributed by atoms with Crippen molar-refractivity contribution in [3.8, 4) is 0 Å². The van der Waals surface area contributed by atoms with E-state index in [1.165, 1.54) is 37.8 Å². The van der Waals surface area contributed by atoms with E-state index in [0.717, 1.165) is 24.7 Å². The molecule has 0 aliphatic heterocycles. The van der Waals surface area contributed by atoms with Crippen LogP contribution in [-0.2, 0) is 13.5 Å². The van der Waals surface area contributed by atoms with Crippen molar-refractivity contribution in [2.75, 3.05) is 0 Å². The van der Waals surface area contributed by atoms with E-state index in [2.05, 4.69) is 23.5 Å². The predicted molar refractivity (Wildman–Crippen MR) is 78.4 cm³/mol. The molecule has 1 heterocycles. The van der Waals surface area contributed by atoms with Crippen LogP contribution in [0, 0.1) is 11.8 Å². The molecule has 1 aliphatic rings. The molecule has 1 aromatic heterocycles. The highest BCUT2D eigenvalue weighted by atomic mass is 15.3. The molecule has 19 heavy (non-hydrogen) atoms. The van der Waals surface area contributed by atoms with Crippen LogP contribution in [0.5, 0.6) is 0 Å². The first-order valence-corrected chi connectivity index (χ1v) is 7.67. The maximum Gasteiger partial charge on any atom is 0.0492 e. The van der Waals surface area contributed by atoms with Gasteiger partial charge in [-0.15, -0.1) is 0 Å². The zero-order chi connectivity index (χ0) is 13.7. The minimum absolute atomic E-state index is 0.452. The highest BCUT2D eigenvalue weighted by Crippen LogP contribution is 2.33. The van der Waals surface area contributed by atoms with Gasteiger partial charge in [-0.3, -0.25) is 16.0 Å². The van der Waals surface area contributed by atoms with Crippen LogP contribution in [-0.4, -0.2) is 15.8 Å². The summed E-state index contributed by atoms with van der Waals surface area (Å²) in [7, 11) is 2.01. The van der Waals surface area contributed by atoms with Crippen molar-refractivity contribution in [3.05, 3.63) is 18.0 Å². The van der Waals surface area contributed by atoms with Gasteiger partial charge in [0.2, 0.25) is 0 Å². The van der Waals surface area contributed by atoms with E-state index in [1.54, 1.807) is 0 Å². The number of nitrogens with one attached hydrogen (secondary N) is 1. The van der Waals surface area contributed by atoms with Crippen molar-refractivity contribution in [2.45, 2.75) is 57.9 Å². The molecule has 0 radical (unpaired) electrons. The highest BCUT2D eigenvalue weighted by molar-refractivity contribution is 5.00. The summed E-state index contributed by atoms with van der Waals surface area (Å²) in [5.74, 6) is 7.48. The molecule has 2 rings (SSSR count). The average Bonchev–Trinajstić information content (AvgIpc) is 2.86. The topological polar surface area (TPSA) is 55.9 Å². The first kappa shape index (κ1) is 14.5. The minimum atomic E-state index is 0.452. The van der Waals surface area contributed by atoms with Gasteiger partial charge in [0.15, 0.2) is 0 Å².